The Hall–Kier alpha value is -5.37. The average Bonchev–Trinajstić information content (AvgIpc) is 1.62. The molecule has 5 aliphatic rings. The third-order valence-electron chi connectivity index (χ3n) is 19.3. The number of nitrogens with one attached hydrogen (secondary N) is 1. The van der Waals surface area contributed by atoms with Crippen molar-refractivity contribution < 1.29 is 62.2 Å². The van der Waals surface area contributed by atoms with Gasteiger partial charge in [-0.1, -0.05) is 92.1 Å². The monoisotopic (exact) mass is 1200 g/mol. The minimum Gasteiger partial charge on any atom is -0.462 e. The SMILES string of the molecule is CC[C@H](C)[C@H](CC(C)CC(=O)[C@@H](NC(=O)[C@H](C(C)C)N(C)CCCC(=O)OC1CCN(C(=O)CCCN2C(=O)C=CC2=O)CC1)C(C)C)[C@@H](CC(=O)N1CCC[C@H]1[C@H](OC)[C@@H](C)C(=O)CCC[C@@]1(C(=O)N2CCCCO2)C[C@@H]1c1ccccc1)OC. The van der Waals surface area contributed by atoms with Gasteiger partial charge in [-0.15, -0.1) is 0 Å². The normalized spacial score (nSPS) is 22.9. The van der Waals surface area contributed by atoms with E-state index in [0.29, 0.717) is 97.1 Å². The molecular weight excluding hydrogens is 1100 g/mol. The van der Waals surface area contributed by atoms with Gasteiger partial charge < -0.3 is 29.3 Å². The predicted octanol–water partition coefficient (Wildman–Crippen LogP) is 8.27. The molecular formula is C67H104N6O13. The Labute approximate surface area is 512 Å². The minimum absolute atomic E-state index is 0.0228. The van der Waals surface area contributed by atoms with Crippen LogP contribution in [0, 0.1) is 40.9 Å². The van der Waals surface area contributed by atoms with Crippen molar-refractivity contribution in [1.29, 1.82) is 0 Å². The lowest BCUT2D eigenvalue weighted by Gasteiger charge is -2.37. The van der Waals surface area contributed by atoms with Gasteiger partial charge in [0.2, 0.25) is 17.7 Å². The summed E-state index contributed by atoms with van der Waals surface area (Å²) in [5.41, 5.74) is 0.544. The zero-order valence-electron chi connectivity index (χ0n) is 53.8. The van der Waals surface area contributed by atoms with E-state index in [1.165, 1.54) is 12.2 Å². The highest BCUT2D eigenvalue weighted by molar-refractivity contribution is 6.12. The molecule has 19 nitrogen and oxygen atoms in total. The average molecular weight is 1200 g/mol. The number of ketones is 2. The van der Waals surface area contributed by atoms with Crippen LogP contribution in [0.25, 0.3) is 0 Å². The summed E-state index contributed by atoms with van der Waals surface area (Å²) in [6.07, 6.45) is 10.9. The van der Waals surface area contributed by atoms with Crippen molar-refractivity contribution in [2.24, 2.45) is 40.9 Å². The number of carbonyl (C=O) groups excluding carboxylic acids is 9. The summed E-state index contributed by atoms with van der Waals surface area (Å²) in [4.78, 5) is 133. The first-order valence-corrected chi connectivity index (χ1v) is 32.5. The van der Waals surface area contributed by atoms with Gasteiger partial charge in [0.25, 0.3) is 17.7 Å². The van der Waals surface area contributed by atoms with Gasteiger partial charge in [-0.05, 0) is 119 Å². The van der Waals surface area contributed by atoms with E-state index in [2.05, 4.69) is 38.2 Å². The molecule has 6 rings (SSSR count). The van der Waals surface area contributed by atoms with Crippen molar-refractivity contribution in [3.8, 4) is 0 Å². The largest absolute Gasteiger partial charge is 0.462 e. The smallest absolute Gasteiger partial charge is 0.306 e. The number of Topliss-reactive ketones (excluding diaryl/α,β-unsaturated/α-hetero) is 2. The molecule has 1 aromatic carbocycles. The van der Waals surface area contributed by atoms with Crippen LogP contribution in [-0.4, -0.2) is 181 Å². The van der Waals surface area contributed by atoms with E-state index in [-0.39, 0.29) is 133 Å². The van der Waals surface area contributed by atoms with E-state index in [9.17, 15) is 43.2 Å². The van der Waals surface area contributed by atoms with Crippen LogP contribution < -0.4 is 5.32 Å². The number of hydrogen-bond acceptors (Lipinski definition) is 14. The summed E-state index contributed by atoms with van der Waals surface area (Å²) in [6.45, 7) is 19.3. The van der Waals surface area contributed by atoms with Crippen LogP contribution in [0.2, 0.25) is 0 Å². The molecule has 1 saturated carbocycles. The quantitative estimate of drug-likeness (QED) is 0.0500. The lowest BCUT2D eigenvalue weighted by Crippen LogP contribution is -2.54. The predicted molar refractivity (Wildman–Crippen MR) is 326 cm³/mol. The Bertz CT molecular complexity index is 2460. The van der Waals surface area contributed by atoms with Crippen LogP contribution in [0.5, 0.6) is 0 Å². The molecule has 0 radical (unpaired) electrons. The molecule has 11 atom stereocenters. The first kappa shape index (κ1) is 69.7. The number of imide groups is 1. The maximum Gasteiger partial charge on any atom is 0.306 e. The van der Waals surface area contributed by atoms with Crippen molar-refractivity contribution in [1.82, 2.24) is 30.0 Å². The number of methoxy groups -OCH3 is 2. The molecule has 0 bridgehead atoms. The second kappa shape index (κ2) is 33.3. The van der Waals surface area contributed by atoms with Gasteiger partial charge in [-0.25, -0.2) is 5.06 Å². The number of esters is 1. The molecule has 19 heteroatoms. The van der Waals surface area contributed by atoms with Crippen molar-refractivity contribution in [2.45, 2.75) is 213 Å². The van der Waals surface area contributed by atoms with Crippen molar-refractivity contribution in [3.63, 3.8) is 0 Å². The van der Waals surface area contributed by atoms with E-state index in [0.717, 1.165) is 42.6 Å². The minimum atomic E-state index is -0.720. The number of nitrogens with zero attached hydrogens (tertiary/aromatic N) is 5. The third-order valence-corrected chi connectivity index (χ3v) is 19.3. The molecule has 4 aliphatic heterocycles. The molecule has 0 aromatic heterocycles. The van der Waals surface area contributed by atoms with E-state index in [4.69, 9.17) is 19.0 Å². The third kappa shape index (κ3) is 18.6. The number of ether oxygens (including phenoxy) is 3. The van der Waals surface area contributed by atoms with Crippen LogP contribution in [0.1, 0.15) is 182 Å². The Morgan fingerprint density at radius 2 is 1.47 bits per heavy atom. The Morgan fingerprint density at radius 3 is 2.08 bits per heavy atom. The Morgan fingerprint density at radius 1 is 0.767 bits per heavy atom. The molecule has 4 heterocycles. The fraction of sp³-hybridized carbons (Fsp3) is 0.746. The fourth-order valence-corrected chi connectivity index (χ4v) is 14.1. The zero-order valence-corrected chi connectivity index (χ0v) is 53.8. The van der Waals surface area contributed by atoms with Crippen LogP contribution in [0.15, 0.2) is 42.5 Å². The molecule has 3 saturated heterocycles. The molecule has 1 unspecified atom stereocenters. The van der Waals surface area contributed by atoms with Crippen molar-refractivity contribution in [2.75, 3.05) is 67.1 Å². The molecule has 6 amide bonds. The maximum absolute atomic E-state index is 14.5. The van der Waals surface area contributed by atoms with Gasteiger partial charge in [0.15, 0.2) is 5.78 Å². The lowest BCUT2D eigenvalue weighted by atomic mass is 9.77. The van der Waals surface area contributed by atoms with Gasteiger partial charge in [-0.3, -0.25) is 57.8 Å². The molecule has 1 aliphatic carbocycles. The highest BCUT2D eigenvalue weighted by Gasteiger charge is 2.61. The van der Waals surface area contributed by atoms with Gasteiger partial charge in [0.05, 0.1) is 48.8 Å². The number of amides is 6. The first-order valence-electron chi connectivity index (χ1n) is 32.5. The highest BCUT2D eigenvalue weighted by atomic mass is 16.7. The highest BCUT2D eigenvalue weighted by Crippen LogP contribution is 2.63. The fourth-order valence-electron chi connectivity index (χ4n) is 14.1. The number of hydrogen-bond donors (Lipinski definition) is 1. The van der Waals surface area contributed by atoms with Crippen LogP contribution in [0.3, 0.4) is 0 Å². The number of hydroxylamine groups is 2. The van der Waals surface area contributed by atoms with Crippen LogP contribution in [0.4, 0.5) is 0 Å². The molecule has 0 spiro atoms. The molecule has 1 aromatic rings. The standard InChI is InChI=1S/C67H104N6O13/c1-12-47(7)51(56(83-10)42-60(79)71-34-19-24-53(71)64(84-11)48(8)54(74)25-18-32-67(66(82)73-36-16-17-39-85-73)43-52(67)49-22-14-13-15-23-49)40-46(6)41-55(75)62(44(2)3)68-65(81)63(45(4)5)69(9)33-21-27-61(80)86-50-30-37-70(38-31-50)57(76)26-20-35-72-58(77)28-29-59(72)78/h13-15,22-23,28-29,44-48,50-53,56,62-64H,12,16-21,24-27,30-43H2,1-11H3,(H,68,81)/t46?,47-,48-,51-,52+,53-,56+,62-,63-,64+,67+/m0/s1. The topological polar surface area (TPSA) is 219 Å². The Balaban J connectivity index is 0.954. The second-order valence-corrected chi connectivity index (χ2v) is 26.3. The van der Waals surface area contributed by atoms with Crippen LogP contribution >= 0.6 is 0 Å². The molecule has 1 N–H and O–H groups in total. The molecule has 4 fully saturated rings. The van der Waals surface area contributed by atoms with Gasteiger partial charge in [0.1, 0.15) is 11.9 Å². The zero-order chi connectivity index (χ0) is 62.8. The summed E-state index contributed by atoms with van der Waals surface area (Å²) >= 11 is 0. The van der Waals surface area contributed by atoms with E-state index in [1.54, 1.807) is 24.2 Å². The first-order chi connectivity index (χ1) is 41.0. The lowest BCUT2D eigenvalue weighted by molar-refractivity contribution is -0.203. The van der Waals surface area contributed by atoms with Gasteiger partial charge >= 0.3 is 5.97 Å². The summed E-state index contributed by atoms with van der Waals surface area (Å²) in [7, 11) is 5.12. The summed E-state index contributed by atoms with van der Waals surface area (Å²) < 4.78 is 18.1. The Kier molecular flexibility index (Phi) is 27.0. The number of carbonyl (C=O) groups is 9. The number of rotatable bonds is 35. The number of likely N-dealkylation sites (tertiary alicyclic amines) is 2. The van der Waals surface area contributed by atoms with Gasteiger partial charge in [0, 0.05) is 104 Å². The molecule has 86 heavy (non-hydrogen) atoms. The van der Waals surface area contributed by atoms with Crippen LogP contribution in [-0.2, 0) is 62.2 Å². The van der Waals surface area contributed by atoms with Crippen molar-refractivity contribution >= 4 is 53.0 Å². The second-order valence-electron chi connectivity index (χ2n) is 26.3. The summed E-state index contributed by atoms with van der Waals surface area (Å²) in [5, 5.41) is 4.69. The van der Waals surface area contributed by atoms with E-state index < -0.39 is 35.6 Å². The van der Waals surface area contributed by atoms with Gasteiger partial charge in [-0.2, -0.15) is 0 Å². The van der Waals surface area contributed by atoms with E-state index >= 15 is 0 Å². The van der Waals surface area contributed by atoms with E-state index in [1.807, 2.05) is 69.7 Å². The summed E-state index contributed by atoms with van der Waals surface area (Å²) in [5.74, 6) is -2.00. The summed E-state index contributed by atoms with van der Waals surface area (Å²) in [6, 6.07) is 8.59. The number of likely N-dealkylation sites (N-methyl/N-ethyl adjacent to an activating group) is 1. The van der Waals surface area contributed by atoms with Crippen molar-refractivity contribution in [3.05, 3.63) is 48.0 Å². The number of piperidine rings is 1. The number of benzene rings is 1. The maximum atomic E-state index is 14.5. The molecule has 480 valence electrons.